The maximum atomic E-state index is 5.51. The lowest BCUT2D eigenvalue weighted by Gasteiger charge is -1.90. The number of imidazole rings is 2. The first-order chi connectivity index (χ1) is 7.33. The minimum absolute atomic E-state index is 0. The van der Waals surface area contributed by atoms with Crippen molar-refractivity contribution in [3.63, 3.8) is 0 Å². The van der Waals surface area contributed by atoms with Gasteiger partial charge < -0.3 is 10.6 Å². The molecule has 3 N–H and O–H groups in total. The smallest absolute Gasteiger partial charge is 0.255 e. The Balaban J connectivity index is 0.000000810. The van der Waals surface area contributed by atoms with Crippen LogP contribution in [-0.4, -0.2) is 24.8 Å². The summed E-state index contributed by atoms with van der Waals surface area (Å²) in [4.78, 5) is 8.45. The Hall–Kier alpha value is -2.28. The average Bonchev–Trinajstić information content (AvgIpc) is 2.93. The van der Waals surface area contributed by atoms with Gasteiger partial charge in [0, 0.05) is 0 Å². The third kappa shape index (κ3) is 0.854. The molecule has 4 bridgehead atoms. The van der Waals surface area contributed by atoms with Gasteiger partial charge in [0.25, 0.3) is 5.78 Å². The molecule has 0 aliphatic heterocycles. The summed E-state index contributed by atoms with van der Waals surface area (Å²) in [7, 11) is 0. The Kier molecular flexibility index (Phi) is 1.48. The van der Waals surface area contributed by atoms with Crippen molar-refractivity contribution in [3.8, 4) is 11.5 Å². The van der Waals surface area contributed by atoms with E-state index in [2.05, 4.69) is 20.3 Å². The zero-order valence-electron chi connectivity index (χ0n) is 8.51. The molecular weight excluding hydrogens is 208 g/mol. The summed E-state index contributed by atoms with van der Waals surface area (Å²) < 4.78 is 7.14. The number of furan rings is 1. The molecule has 0 unspecified atom stereocenters. The third-order valence-electron chi connectivity index (χ3n) is 2.46. The van der Waals surface area contributed by atoms with Gasteiger partial charge in [0.05, 0.1) is 0 Å². The normalized spacial score (nSPS) is 11.6. The third-order valence-corrected chi connectivity index (χ3v) is 2.46. The van der Waals surface area contributed by atoms with Crippen LogP contribution in [0.1, 0.15) is 5.76 Å². The van der Waals surface area contributed by atoms with Crippen LogP contribution in [0.2, 0.25) is 0 Å². The summed E-state index contributed by atoms with van der Waals surface area (Å²) in [5, 5.41) is 7.80. The van der Waals surface area contributed by atoms with Gasteiger partial charge in [0.2, 0.25) is 5.65 Å². The summed E-state index contributed by atoms with van der Waals surface area (Å²) in [6.07, 6.45) is 0. The fourth-order valence-electron chi connectivity index (χ4n) is 1.80. The zero-order chi connectivity index (χ0) is 9.99. The van der Waals surface area contributed by atoms with E-state index < -0.39 is 0 Å². The SMILES string of the molecule is Cc1ccc(-c2nc3nc4nnn3c24)o1.N. The van der Waals surface area contributed by atoms with Crippen LogP contribution in [0.4, 0.5) is 0 Å². The Bertz CT molecular complexity index is 740. The highest BCUT2D eigenvalue weighted by molar-refractivity contribution is 5.91. The minimum atomic E-state index is 0. The second kappa shape index (κ2) is 2.64. The quantitative estimate of drug-likeness (QED) is 0.513. The molecule has 4 aromatic heterocycles. The molecule has 0 radical (unpaired) electrons. The fraction of sp³-hybridized carbons (Fsp3) is 0.111. The van der Waals surface area contributed by atoms with Crippen molar-refractivity contribution in [2.75, 3.05) is 0 Å². The topological polar surface area (TPSA) is 104 Å². The van der Waals surface area contributed by atoms with Gasteiger partial charge in [0.1, 0.15) is 17.0 Å². The molecule has 0 fully saturated rings. The first-order valence-corrected chi connectivity index (χ1v) is 4.53. The first-order valence-electron chi connectivity index (χ1n) is 4.53. The summed E-state index contributed by atoms with van der Waals surface area (Å²) in [6, 6.07) is 3.80. The molecule has 80 valence electrons. The van der Waals surface area contributed by atoms with Gasteiger partial charge in [-0.3, -0.25) is 0 Å². The van der Waals surface area contributed by atoms with Gasteiger partial charge in [-0.25, -0.2) is 4.98 Å². The first kappa shape index (κ1) is 8.98. The Morgan fingerprint density at radius 2 is 2.12 bits per heavy atom. The highest BCUT2D eigenvalue weighted by atomic mass is 16.3. The van der Waals surface area contributed by atoms with Crippen LogP contribution in [0.25, 0.3) is 28.4 Å². The Labute approximate surface area is 89.4 Å². The average molecular weight is 216 g/mol. The van der Waals surface area contributed by atoms with E-state index in [9.17, 15) is 0 Å². The number of aromatic nitrogens is 5. The van der Waals surface area contributed by atoms with Crippen LogP contribution in [0.5, 0.6) is 0 Å². The molecule has 0 aromatic carbocycles. The van der Waals surface area contributed by atoms with Crippen molar-refractivity contribution >= 4 is 16.9 Å². The summed E-state index contributed by atoms with van der Waals surface area (Å²) in [5.41, 5.74) is 2.23. The van der Waals surface area contributed by atoms with Crippen LogP contribution in [0, 0.1) is 6.92 Å². The van der Waals surface area contributed by atoms with E-state index in [4.69, 9.17) is 4.42 Å². The minimum Gasteiger partial charge on any atom is -0.460 e. The van der Waals surface area contributed by atoms with E-state index in [1.807, 2.05) is 19.1 Å². The predicted molar refractivity (Wildman–Crippen MR) is 55.9 cm³/mol. The van der Waals surface area contributed by atoms with Gasteiger partial charge >= 0.3 is 0 Å². The molecule has 0 atom stereocenters. The number of rotatable bonds is 1. The predicted octanol–water partition coefficient (Wildman–Crippen LogP) is 1.28. The molecule has 0 saturated heterocycles. The van der Waals surface area contributed by atoms with E-state index in [1.54, 1.807) is 4.52 Å². The maximum Gasteiger partial charge on any atom is 0.255 e. The van der Waals surface area contributed by atoms with Crippen molar-refractivity contribution in [3.05, 3.63) is 17.9 Å². The fourth-order valence-corrected chi connectivity index (χ4v) is 1.80. The van der Waals surface area contributed by atoms with E-state index >= 15 is 0 Å². The lowest BCUT2D eigenvalue weighted by Crippen LogP contribution is -1.88. The second-order valence-corrected chi connectivity index (χ2v) is 3.46. The van der Waals surface area contributed by atoms with Gasteiger partial charge in [-0.15, -0.1) is 5.10 Å². The van der Waals surface area contributed by atoms with Crippen LogP contribution in [0.15, 0.2) is 16.5 Å². The van der Waals surface area contributed by atoms with Crippen molar-refractivity contribution in [2.45, 2.75) is 6.92 Å². The molecule has 0 saturated carbocycles. The molecule has 4 aromatic rings. The maximum absolute atomic E-state index is 5.51. The van der Waals surface area contributed by atoms with Crippen LogP contribution in [-0.2, 0) is 0 Å². The molecule has 4 heterocycles. The molecule has 7 nitrogen and oxygen atoms in total. The number of nitrogens with zero attached hydrogens (tertiary/aromatic N) is 5. The summed E-state index contributed by atoms with van der Waals surface area (Å²) >= 11 is 0. The number of aryl methyl sites for hydroxylation is 1. The molecule has 0 amide bonds. The highest BCUT2D eigenvalue weighted by Gasteiger charge is 2.23. The van der Waals surface area contributed by atoms with Crippen LogP contribution >= 0.6 is 0 Å². The van der Waals surface area contributed by atoms with Crippen molar-refractivity contribution in [2.24, 2.45) is 0 Å². The highest BCUT2D eigenvalue weighted by Crippen LogP contribution is 2.30. The molecule has 7 heteroatoms. The number of hydrogen-bond acceptors (Lipinski definition) is 6. The standard InChI is InChI=1S/C9H5N5O.H3N/c1-4-2-3-5(15-4)6-7-8-11-9(10-6)14(7)13-12-8;/h2-3H,1H3;1H3. The molecule has 0 aliphatic carbocycles. The Morgan fingerprint density at radius 1 is 1.25 bits per heavy atom. The van der Waals surface area contributed by atoms with E-state index in [-0.39, 0.29) is 6.15 Å². The van der Waals surface area contributed by atoms with E-state index in [0.29, 0.717) is 11.4 Å². The van der Waals surface area contributed by atoms with E-state index in [0.717, 1.165) is 22.7 Å². The van der Waals surface area contributed by atoms with Crippen molar-refractivity contribution < 1.29 is 4.42 Å². The molecule has 16 heavy (non-hydrogen) atoms. The van der Waals surface area contributed by atoms with Gasteiger partial charge in [-0.1, -0.05) is 5.21 Å². The monoisotopic (exact) mass is 216 g/mol. The van der Waals surface area contributed by atoms with Gasteiger partial charge in [-0.2, -0.15) is 9.50 Å². The lowest BCUT2D eigenvalue weighted by atomic mass is 10.3. The second-order valence-electron chi connectivity index (χ2n) is 3.46. The zero-order valence-corrected chi connectivity index (χ0v) is 8.51. The van der Waals surface area contributed by atoms with E-state index in [1.165, 1.54) is 0 Å². The van der Waals surface area contributed by atoms with Crippen LogP contribution in [0.3, 0.4) is 0 Å². The van der Waals surface area contributed by atoms with Gasteiger partial charge in [-0.05, 0) is 19.1 Å². The summed E-state index contributed by atoms with van der Waals surface area (Å²) in [6.45, 7) is 1.90. The van der Waals surface area contributed by atoms with Crippen molar-refractivity contribution in [1.29, 1.82) is 0 Å². The lowest BCUT2D eigenvalue weighted by molar-refractivity contribution is 0.547. The summed E-state index contributed by atoms with van der Waals surface area (Å²) in [5.74, 6) is 2.18. The molecule has 0 spiro atoms. The van der Waals surface area contributed by atoms with Crippen molar-refractivity contribution in [1.82, 2.24) is 30.9 Å². The van der Waals surface area contributed by atoms with Gasteiger partial charge in [0.15, 0.2) is 5.76 Å². The molecular formula is C9H8N6O. The Morgan fingerprint density at radius 3 is 2.75 bits per heavy atom. The van der Waals surface area contributed by atoms with Crippen LogP contribution < -0.4 is 6.15 Å². The largest absolute Gasteiger partial charge is 0.460 e. The number of hydrogen-bond donors (Lipinski definition) is 1. The molecule has 4 rings (SSSR count). The molecule has 0 aliphatic rings.